The molecule has 1 aromatic heterocycles. The lowest BCUT2D eigenvalue weighted by Crippen LogP contribution is -2.45. The first-order valence-corrected chi connectivity index (χ1v) is 9.24. The minimum absolute atomic E-state index is 0. The van der Waals surface area contributed by atoms with Crippen molar-refractivity contribution in [3.63, 3.8) is 0 Å². The molecule has 2 N–H and O–H groups in total. The van der Waals surface area contributed by atoms with Crippen molar-refractivity contribution < 1.29 is 14.1 Å². The molecule has 3 heterocycles. The molecule has 0 saturated carbocycles. The average Bonchev–Trinajstić information content (AvgIpc) is 3.31. The molecule has 0 bridgehead atoms. The highest BCUT2D eigenvalue weighted by molar-refractivity contribution is 5.85. The predicted molar refractivity (Wildman–Crippen MR) is 99.0 cm³/mol. The number of aromatic nitrogens is 2. The van der Waals surface area contributed by atoms with E-state index in [1.165, 1.54) is 0 Å². The molecule has 1 aromatic rings. The van der Waals surface area contributed by atoms with Gasteiger partial charge in [-0.3, -0.25) is 9.69 Å². The summed E-state index contributed by atoms with van der Waals surface area (Å²) >= 11 is 0. The normalized spacial score (nSPS) is 24.8. The van der Waals surface area contributed by atoms with E-state index in [4.69, 9.17) is 9.26 Å². The molecule has 3 rings (SSSR count). The van der Waals surface area contributed by atoms with Gasteiger partial charge >= 0.3 is 0 Å². The van der Waals surface area contributed by atoms with Crippen molar-refractivity contribution in [3.8, 4) is 0 Å². The number of likely N-dealkylation sites (tertiary alicyclic amines) is 1. The number of carbonyl (C=O) groups excluding carboxylic acids is 1. The fourth-order valence-electron chi connectivity index (χ4n) is 3.53. The van der Waals surface area contributed by atoms with Gasteiger partial charge in [-0.25, -0.2) is 0 Å². The first-order chi connectivity index (χ1) is 12.2. The van der Waals surface area contributed by atoms with Crippen LogP contribution in [0.3, 0.4) is 0 Å². The molecule has 0 radical (unpaired) electrons. The van der Waals surface area contributed by atoms with Crippen LogP contribution < -0.4 is 10.6 Å². The van der Waals surface area contributed by atoms with Gasteiger partial charge in [0.25, 0.3) is 0 Å². The highest BCUT2D eigenvalue weighted by Gasteiger charge is 2.25. The minimum Gasteiger partial charge on any atom is -0.374 e. The van der Waals surface area contributed by atoms with Crippen LogP contribution in [0.1, 0.15) is 50.4 Å². The molecule has 148 valence electrons. The van der Waals surface area contributed by atoms with Gasteiger partial charge in [0.2, 0.25) is 11.8 Å². The molecule has 0 aliphatic carbocycles. The van der Waals surface area contributed by atoms with Crippen LogP contribution >= 0.6 is 12.4 Å². The lowest BCUT2D eigenvalue weighted by atomic mass is 9.98. The summed E-state index contributed by atoms with van der Waals surface area (Å²) in [5.74, 6) is 1.82. The molecule has 0 aromatic carbocycles. The van der Waals surface area contributed by atoms with E-state index in [1.807, 2.05) is 6.92 Å². The maximum absolute atomic E-state index is 12.1. The lowest BCUT2D eigenvalue weighted by Gasteiger charge is -2.32. The van der Waals surface area contributed by atoms with Gasteiger partial charge in [-0.2, -0.15) is 4.98 Å². The molecule has 8 nitrogen and oxygen atoms in total. The molecular formula is C17H30ClN5O3. The Balaban J connectivity index is 0.00000243. The van der Waals surface area contributed by atoms with E-state index >= 15 is 0 Å². The Morgan fingerprint density at radius 1 is 1.46 bits per heavy atom. The third-order valence-electron chi connectivity index (χ3n) is 5.10. The molecule has 2 saturated heterocycles. The van der Waals surface area contributed by atoms with Crippen LogP contribution in [-0.4, -0.2) is 60.3 Å². The largest absolute Gasteiger partial charge is 0.374 e. The molecule has 3 unspecified atom stereocenters. The lowest BCUT2D eigenvalue weighted by molar-refractivity contribution is -0.123. The monoisotopic (exact) mass is 387 g/mol. The first kappa shape index (κ1) is 21.1. The third-order valence-corrected chi connectivity index (χ3v) is 5.10. The minimum atomic E-state index is -0.161. The van der Waals surface area contributed by atoms with Crippen LogP contribution in [0.5, 0.6) is 0 Å². The summed E-state index contributed by atoms with van der Waals surface area (Å²) in [5.41, 5.74) is 0. The molecule has 2 fully saturated rings. The Bertz CT molecular complexity index is 564. The summed E-state index contributed by atoms with van der Waals surface area (Å²) in [6.07, 6.45) is 4.14. The van der Waals surface area contributed by atoms with E-state index < -0.39 is 0 Å². The molecule has 2 aliphatic heterocycles. The summed E-state index contributed by atoms with van der Waals surface area (Å²) in [6.45, 7) is 6.19. The molecule has 26 heavy (non-hydrogen) atoms. The molecule has 1 amide bonds. The molecular weight excluding hydrogens is 358 g/mol. The van der Waals surface area contributed by atoms with Crippen molar-refractivity contribution in [3.05, 3.63) is 11.7 Å². The number of nitrogens with zero attached hydrogens (tertiary/aromatic N) is 3. The maximum atomic E-state index is 12.1. The zero-order chi connectivity index (χ0) is 17.6. The van der Waals surface area contributed by atoms with E-state index in [0.29, 0.717) is 24.2 Å². The van der Waals surface area contributed by atoms with Crippen molar-refractivity contribution in [1.29, 1.82) is 0 Å². The molecule has 9 heteroatoms. The zero-order valence-corrected chi connectivity index (χ0v) is 16.4. The maximum Gasteiger partial charge on any atom is 0.240 e. The van der Waals surface area contributed by atoms with Crippen LogP contribution in [-0.2, 0) is 16.1 Å². The van der Waals surface area contributed by atoms with Crippen molar-refractivity contribution >= 4 is 18.3 Å². The first-order valence-electron chi connectivity index (χ1n) is 9.24. The summed E-state index contributed by atoms with van der Waals surface area (Å²) < 4.78 is 10.5. The number of methoxy groups -OCH3 is 1. The third kappa shape index (κ3) is 5.64. The Kier molecular flexibility index (Phi) is 8.27. The predicted octanol–water partition coefficient (Wildman–Crippen LogP) is 1.28. The van der Waals surface area contributed by atoms with E-state index in [1.54, 1.807) is 7.11 Å². The molecule has 2 aliphatic rings. The van der Waals surface area contributed by atoms with Gasteiger partial charge in [0.1, 0.15) is 6.10 Å². The second-order valence-corrected chi connectivity index (χ2v) is 7.06. The fraction of sp³-hybridized carbons (Fsp3) is 0.824. The fourth-order valence-corrected chi connectivity index (χ4v) is 3.53. The highest BCUT2D eigenvalue weighted by atomic mass is 35.5. The van der Waals surface area contributed by atoms with Gasteiger partial charge < -0.3 is 19.9 Å². The number of nitrogens with one attached hydrogen (secondary N) is 2. The van der Waals surface area contributed by atoms with E-state index in [9.17, 15) is 4.79 Å². The standard InChI is InChI=1S/C17H29N5O3.ClH/c1-12(24-2)16-20-15(25-21-16)11-22-8-4-5-13(10-22)9-19-17(23)14-6-3-7-18-14;/h12-14,18H,3-11H2,1-2H3,(H,19,23);1H. The van der Waals surface area contributed by atoms with Gasteiger partial charge in [0, 0.05) is 20.2 Å². The zero-order valence-electron chi connectivity index (χ0n) is 15.6. The van der Waals surface area contributed by atoms with E-state index in [-0.39, 0.29) is 30.5 Å². The van der Waals surface area contributed by atoms with Gasteiger partial charge in [0.15, 0.2) is 5.82 Å². The number of amides is 1. The summed E-state index contributed by atoms with van der Waals surface area (Å²) in [6, 6.07) is -0.000665. The smallest absolute Gasteiger partial charge is 0.240 e. The van der Waals surface area contributed by atoms with Gasteiger partial charge in [-0.05, 0) is 51.6 Å². The summed E-state index contributed by atoms with van der Waals surface area (Å²) in [5, 5.41) is 10.3. The van der Waals surface area contributed by atoms with Crippen LogP contribution in [0.4, 0.5) is 0 Å². The van der Waals surface area contributed by atoms with Crippen molar-refractivity contribution in [2.75, 3.05) is 33.3 Å². The van der Waals surface area contributed by atoms with Crippen LogP contribution in [0.15, 0.2) is 4.52 Å². The number of carbonyl (C=O) groups is 1. The van der Waals surface area contributed by atoms with Gasteiger partial charge in [0.05, 0.1) is 12.6 Å². The van der Waals surface area contributed by atoms with Crippen LogP contribution in [0, 0.1) is 5.92 Å². The highest BCUT2D eigenvalue weighted by Crippen LogP contribution is 2.19. The number of halogens is 1. The topological polar surface area (TPSA) is 92.5 Å². The SMILES string of the molecule is COC(C)c1noc(CN2CCCC(CNC(=O)C3CCCN3)C2)n1.Cl. The second kappa shape index (κ2) is 10.2. The Labute approximate surface area is 160 Å². The second-order valence-electron chi connectivity index (χ2n) is 7.06. The Morgan fingerprint density at radius 2 is 2.31 bits per heavy atom. The number of hydrogen-bond donors (Lipinski definition) is 2. The van der Waals surface area contributed by atoms with Gasteiger partial charge in [-0.15, -0.1) is 12.4 Å². The Hall–Kier alpha value is -1.22. The molecule has 0 spiro atoms. The number of piperidine rings is 1. The average molecular weight is 388 g/mol. The van der Waals surface area contributed by atoms with Crippen molar-refractivity contribution in [2.45, 2.75) is 51.3 Å². The summed E-state index contributed by atoms with van der Waals surface area (Å²) in [7, 11) is 1.63. The van der Waals surface area contributed by atoms with E-state index in [2.05, 4.69) is 25.7 Å². The van der Waals surface area contributed by atoms with Gasteiger partial charge in [-0.1, -0.05) is 5.16 Å². The van der Waals surface area contributed by atoms with Crippen molar-refractivity contribution in [1.82, 2.24) is 25.7 Å². The van der Waals surface area contributed by atoms with Crippen LogP contribution in [0.2, 0.25) is 0 Å². The van der Waals surface area contributed by atoms with Crippen molar-refractivity contribution in [2.24, 2.45) is 5.92 Å². The van der Waals surface area contributed by atoms with Crippen LogP contribution in [0.25, 0.3) is 0 Å². The molecule has 3 atom stereocenters. The number of rotatable bonds is 7. The number of ether oxygens (including phenoxy) is 1. The quantitative estimate of drug-likeness (QED) is 0.727. The Morgan fingerprint density at radius 3 is 3.04 bits per heavy atom. The summed E-state index contributed by atoms with van der Waals surface area (Å²) in [4.78, 5) is 18.8. The van der Waals surface area contributed by atoms with E-state index in [0.717, 1.165) is 51.9 Å². The number of hydrogen-bond acceptors (Lipinski definition) is 7.